The molecule has 0 aliphatic carbocycles. The molecule has 4 heterocycles. The number of hydrogen-bond acceptors (Lipinski definition) is 7. The minimum Gasteiger partial charge on any atom is -0.338 e. The molecule has 28 heavy (non-hydrogen) atoms. The van der Waals surface area contributed by atoms with Crippen molar-refractivity contribution < 1.29 is 0 Å². The Kier molecular flexibility index (Phi) is 4.29. The third-order valence-corrected chi connectivity index (χ3v) is 6.14. The largest absolute Gasteiger partial charge is 0.338 e. The molecular weight excluding hydrogens is 372 g/mol. The first kappa shape index (κ1) is 17.3. The van der Waals surface area contributed by atoms with E-state index in [1.54, 1.807) is 6.20 Å². The fraction of sp³-hybridized carbons (Fsp3) is 0.300. The highest BCUT2D eigenvalue weighted by atomic mass is 32.1. The Balaban J connectivity index is 1.67. The lowest BCUT2D eigenvalue weighted by molar-refractivity contribution is 0.580. The van der Waals surface area contributed by atoms with Crippen molar-refractivity contribution in [3.63, 3.8) is 0 Å². The minimum absolute atomic E-state index is 0.0642. The van der Waals surface area contributed by atoms with Gasteiger partial charge in [-0.25, -0.2) is 9.97 Å². The van der Waals surface area contributed by atoms with Gasteiger partial charge in [0.25, 0.3) is 0 Å². The summed E-state index contributed by atoms with van der Waals surface area (Å²) in [6.45, 7) is 6.33. The molecule has 7 nitrogen and oxygen atoms in total. The second-order valence-electron chi connectivity index (χ2n) is 6.79. The number of pyridine rings is 1. The summed E-state index contributed by atoms with van der Waals surface area (Å²) in [5, 5.41) is 4.61. The number of aromatic nitrogens is 4. The van der Waals surface area contributed by atoms with E-state index in [0.29, 0.717) is 29.1 Å². The van der Waals surface area contributed by atoms with Gasteiger partial charge < -0.3 is 14.8 Å². The van der Waals surface area contributed by atoms with E-state index in [1.165, 1.54) is 11.3 Å². The van der Waals surface area contributed by atoms with Gasteiger partial charge in [-0.05, 0) is 19.1 Å². The van der Waals surface area contributed by atoms with Gasteiger partial charge in [0.1, 0.15) is 10.7 Å². The number of thiazole rings is 1. The molecule has 0 unspecified atom stereocenters. The van der Waals surface area contributed by atoms with E-state index >= 15 is 0 Å². The summed E-state index contributed by atoms with van der Waals surface area (Å²) in [4.78, 5) is 29.3. The number of nitrogens with zero attached hydrogens (tertiary/aromatic N) is 5. The molecule has 1 fully saturated rings. The molecule has 3 aromatic heterocycles. The molecule has 0 bridgehead atoms. The Morgan fingerprint density at radius 3 is 2.79 bits per heavy atom. The lowest BCUT2D eigenvalue weighted by Gasteiger charge is -2.27. The lowest BCUT2D eigenvalue weighted by atomic mass is 10.2. The van der Waals surface area contributed by atoms with Gasteiger partial charge in [-0.3, -0.25) is 4.79 Å². The predicted molar refractivity (Wildman–Crippen MR) is 113 cm³/mol. The lowest BCUT2D eigenvalue weighted by Crippen LogP contribution is -2.44. The first-order valence-corrected chi connectivity index (χ1v) is 10.3. The molecule has 1 saturated heterocycles. The Bertz CT molecular complexity index is 1190. The van der Waals surface area contributed by atoms with Crippen LogP contribution in [0.25, 0.3) is 31.8 Å². The van der Waals surface area contributed by atoms with E-state index in [9.17, 15) is 4.79 Å². The van der Waals surface area contributed by atoms with Crippen LogP contribution in [-0.2, 0) is 6.54 Å². The van der Waals surface area contributed by atoms with Gasteiger partial charge in [-0.15, -0.1) is 11.3 Å². The van der Waals surface area contributed by atoms with Crippen molar-refractivity contribution in [3.05, 3.63) is 46.9 Å². The molecule has 1 aromatic carbocycles. The van der Waals surface area contributed by atoms with Crippen LogP contribution in [0.5, 0.6) is 0 Å². The zero-order valence-electron chi connectivity index (χ0n) is 15.6. The molecule has 8 heteroatoms. The highest BCUT2D eigenvalue weighted by Crippen LogP contribution is 2.29. The Hall–Kier alpha value is -2.84. The van der Waals surface area contributed by atoms with Crippen molar-refractivity contribution >= 4 is 38.5 Å². The molecule has 1 aliphatic rings. The van der Waals surface area contributed by atoms with Crippen molar-refractivity contribution in [2.45, 2.75) is 13.5 Å². The average Bonchev–Trinajstić information content (AvgIpc) is 3.18. The number of nitrogens with one attached hydrogen (secondary N) is 1. The molecule has 1 aliphatic heterocycles. The van der Waals surface area contributed by atoms with Crippen molar-refractivity contribution in [1.82, 2.24) is 24.8 Å². The summed E-state index contributed by atoms with van der Waals surface area (Å²) in [5.74, 6) is 0.684. The van der Waals surface area contributed by atoms with Crippen LogP contribution in [0.3, 0.4) is 0 Å². The molecule has 142 valence electrons. The van der Waals surface area contributed by atoms with Gasteiger partial charge >= 0.3 is 0 Å². The van der Waals surface area contributed by atoms with Crippen LogP contribution in [0.2, 0.25) is 0 Å². The quantitative estimate of drug-likeness (QED) is 0.577. The maximum Gasteiger partial charge on any atom is 0.227 e. The van der Waals surface area contributed by atoms with Crippen LogP contribution < -0.4 is 15.6 Å². The first-order chi connectivity index (χ1) is 13.7. The number of anilines is 1. The van der Waals surface area contributed by atoms with Crippen LogP contribution >= 0.6 is 11.3 Å². The Labute approximate surface area is 165 Å². The highest BCUT2D eigenvalue weighted by molar-refractivity contribution is 7.21. The van der Waals surface area contributed by atoms with E-state index in [-0.39, 0.29) is 5.43 Å². The summed E-state index contributed by atoms with van der Waals surface area (Å²) < 4.78 is 3.09. The fourth-order valence-electron chi connectivity index (χ4n) is 3.56. The van der Waals surface area contributed by atoms with Gasteiger partial charge in [0, 0.05) is 45.1 Å². The topological polar surface area (TPSA) is 75.9 Å². The third kappa shape index (κ3) is 2.85. The molecule has 0 amide bonds. The summed E-state index contributed by atoms with van der Waals surface area (Å²) in [5.41, 5.74) is 2.14. The van der Waals surface area contributed by atoms with Crippen LogP contribution in [0, 0.1) is 0 Å². The number of piperazine rings is 1. The van der Waals surface area contributed by atoms with Crippen LogP contribution in [0.1, 0.15) is 6.92 Å². The van der Waals surface area contributed by atoms with Crippen molar-refractivity contribution in [1.29, 1.82) is 0 Å². The molecule has 1 N–H and O–H groups in total. The maximum atomic E-state index is 13.2. The van der Waals surface area contributed by atoms with Crippen molar-refractivity contribution in [2.24, 2.45) is 0 Å². The summed E-state index contributed by atoms with van der Waals surface area (Å²) >= 11 is 1.54. The van der Waals surface area contributed by atoms with E-state index in [0.717, 1.165) is 41.4 Å². The third-order valence-electron chi connectivity index (χ3n) is 5.07. The molecule has 5 rings (SSSR count). The number of benzene rings is 1. The van der Waals surface area contributed by atoms with Gasteiger partial charge in [-0.2, -0.15) is 4.98 Å². The highest BCUT2D eigenvalue weighted by Gasteiger charge is 2.18. The van der Waals surface area contributed by atoms with Crippen LogP contribution in [0.15, 0.2) is 41.5 Å². The molecule has 0 atom stereocenters. The van der Waals surface area contributed by atoms with Gasteiger partial charge in [0.05, 0.1) is 21.2 Å². The SMILES string of the molecule is CCn1cc(-c2nc3ccccc3s2)c(=O)c2cnc(N3CCNCC3)nc21. The number of aryl methyl sites for hydroxylation is 1. The second kappa shape index (κ2) is 6.96. The zero-order chi connectivity index (χ0) is 19.1. The molecule has 0 radical (unpaired) electrons. The van der Waals surface area contributed by atoms with Gasteiger partial charge in [0.2, 0.25) is 11.4 Å². The van der Waals surface area contributed by atoms with Crippen molar-refractivity contribution in [2.75, 3.05) is 31.1 Å². The van der Waals surface area contributed by atoms with E-state index in [4.69, 9.17) is 4.98 Å². The Morgan fingerprint density at radius 2 is 2.00 bits per heavy atom. The smallest absolute Gasteiger partial charge is 0.227 e. The normalized spacial score (nSPS) is 14.8. The number of para-hydroxylation sites is 1. The van der Waals surface area contributed by atoms with Crippen LogP contribution in [0.4, 0.5) is 5.95 Å². The first-order valence-electron chi connectivity index (χ1n) is 9.46. The monoisotopic (exact) mass is 392 g/mol. The molecule has 0 saturated carbocycles. The molecular formula is C20H20N6OS. The van der Waals surface area contributed by atoms with E-state index in [1.807, 2.05) is 35.0 Å². The van der Waals surface area contributed by atoms with Crippen molar-refractivity contribution in [3.8, 4) is 10.6 Å². The summed E-state index contributed by atoms with van der Waals surface area (Å²) in [6, 6.07) is 7.94. The number of hydrogen-bond donors (Lipinski definition) is 1. The number of fused-ring (bicyclic) bond motifs is 2. The molecule has 0 spiro atoms. The Morgan fingerprint density at radius 1 is 1.18 bits per heavy atom. The summed E-state index contributed by atoms with van der Waals surface area (Å²) in [7, 11) is 0. The molecule has 4 aromatic rings. The number of rotatable bonds is 3. The second-order valence-corrected chi connectivity index (χ2v) is 7.82. The van der Waals surface area contributed by atoms with Crippen LogP contribution in [-0.4, -0.2) is 45.7 Å². The standard InChI is InChI=1S/C20H20N6OS/c1-2-25-12-14(19-23-15-5-3-4-6-16(15)28-19)17(27)13-11-22-20(24-18(13)25)26-9-7-21-8-10-26/h3-6,11-12,21H,2,7-10H2,1H3. The summed E-state index contributed by atoms with van der Waals surface area (Å²) in [6.07, 6.45) is 3.56. The average molecular weight is 392 g/mol. The van der Waals surface area contributed by atoms with E-state index < -0.39 is 0 Å². The zero-order valence-corrected chi connectivity index (χ0v) is 16.4. The van der Waals surface area contributed by atoms with Gasteiger partial charge in [-0.1, -0.05) is 12.1 Å². The van der Waals surface area contributed by atoms with Gasteiger partial charge in [0.15, 0.2) is 0 Å². The fourth-order valence-corrected chi connectivity index (χ4v) is 4.53. The van der Waals surface area contributed by atoms with E-state index in [2.05, 4.69) is 27.1 Å². The predicted octanol–water partition coefficient (Wildman–Crippen LogP) is 2.50. The maximum absolute atomic E-state index is 13.2. The minimum atomic E-state index is -0.0642.